The zero-order valence-corrected chi connectivity index (χ0v) is 14.7. The average molecular weight is 338 g/mol. The van der Waals surface area contributed by atoms with Crippen LogP contribution in [0.25, 0.3) is 0 Å². The molecule has 0 aromatic heterocycles. The number of anilines is 1. The number of nitrogens with zero attached hydrogens (tertiary/aromatic N) is 1. The van der Waals surface area contributed by atoms with Gasteiger partial charge in [0.1, 0.15) is 0 Å². The van der Waals surface area contributed by atoms with Crippen LogP contribution in [0.4, 0.5) is 5.69 Å². The van der Waals surface area contributed by atoms with E-state index in [1.165, 1.54) is 12.8 Å². The lowest BCUT2D eigenvalue weighted by Crippen LogP contribution is -2.42. The summed E-state index contributed by atoms with van der Waals surface area (Å²) < 4.78 is 0. The van der Waals surface area contributed by atoms with Crippen LogP contribution < -0.4 is 5.32 Å². The number of hydrogen-bond acceptors (Lipinski definition) is 3. The molecule has 2 N–H and O–H groups in total. The number of amides is 1. The van der Waals surface area contributed by atoms with Gasteiger partial charge >= 0.3 is 0 Å². The maximum absolute atomic E-state index is 12.9. The zero-order chi connectivity index (χ0) is 17.6. The predicted octanol–water partition coefficient (Wildman–Crippen LogP) is 3.42. The van der Waals surface area contributed by atoms with Crippen molar-refractivity contribution in [2.45, 2.75) is 39.0 Å². The third-order valence-corrected chi connectivity index (χ3v) is 4.87. The van der Waals surface area contributed by atoms with Crippen molar-refractivity contribution in [1.29, 1.82) is 0 Å². The Hall–Kier alpha value is -2.33. The van der Waals surface area contributed by atoms with Gasteiger partial charge in [0.25, 0.3) is 0 Å². The molecule has 2 aromatic rings. The second-order valence-electron chi connectivity index (χ2n) is 6.80. The van der Waals surface area contributed by atoms with Crippen LogP contribution in [0.15, 0.2) is 54.6 Å². The molecule has 1 unspecified atom stereocenters. The molecule has 1 saturated carbocycles. The maximum atomic E-state index is 12.9. The highest BCUT2D eigenvalue weighted by Gasteiger charge is 2.34. The molecule has 0 aliphatic heterocycles. The molecule has 0 saturated heterocycles. The minimum atomic E-state index is 0.00229. The Labute approximate surface area is 149 Å². The molecule has 1 aliphatic carbocycles. The van der Waals surface area contributed by atoms with E-state index < -0.39 is 0 Å². The maximum Gasteiger partial charge on any atom is 0.242 e. The van der Waals surface area contributed by atoms with Crippen molar-refractivity contribution in [2.75, 3.05) is 11.9 Å². The molecule has 3 rings (SSSR count). The van der Waals surface area contributed by atoms with Crippen LogP contribution in [0.2, 0.25) is 0 Å². The fourth-order valence-corrected chi connectivity index (χ4v) is 3.13. The Balaban J connectivity index is 1.65. The topological polar surface area (TPSA) is 52.6 Å². The van der Waals surface area contributed by atoms with Gasteiger partial charge in [0.2, 0.25) is 5.91 Å². The second kappa shape index (κ2) is 8.17. The Kier molecular flexibility index (Phi) is 5.71. The summed E-state index contributed by atoms with van der Waals surface area (Å²) in [6, 6.07) is 18.0. The summed E-state index contributed by atoms with van der Waals surface area (Å²) in [6.07, 6.45) is 2.43. The summed E-state index contributed by atoms with van der Waals surface area (Å²) >= 11 is 0. The summed E-state index contributed by atoms with van der Waals surface area (Å²) in [4.78, 5) is 14.9. The van der Waals surface area contributed by atoms with E-state index in [0.717, 1.165) is 16.8 Å². The van der Waals surface area contributed by atoms with Crippen molar-refractivity contribution in [2.24, 2.45) is 5.92 Å². The van der Waals surface area contributed by atoms with E-state index in [9.17, 15) is 9.90 Å². The number of carbonyl (C=O) groups is 1. The van der Waals surface area contributed by atoms with E-state index in [1.807, 2.05) is 47.4 Å². The number of aliphatic hydroxyl groups excluding tert-OH is 1. The lowest BCUT2D eigenvalue weighted by atomic mass is 10.1. The zero-order valence-electron chi connectivity index (χ0n) is 14.7. The van der Waals surface area contributed by atoms with Gasteiger partial charge in [-0.1, -0.05) is 42.5 Å². The van der Waals surface area contributed by atoms with E-state index >= 15 is 0 Å². The standard InChI is InChI=1S/C21H26N2O2/c1-16(19-10-11-19)23(14-17-6-3-2-4-7-17)21(25)13-22-20-9-5-8-18(12-20)15-24/h2-9,12,16,19,22,24H,10-11,13-15H2,1H3. The van der Waals surface area contributed by atoms with Crippen LogP contribution in [0.3, 0.4) is 0 Å². The quantitative estimate of drug-likeness (QED) is 0.775. The second-order valence-corrected chi connectivity index (χ2v) is 6.80. The SMILES string of the molecule is CC(C1CC1)N(Cc1ccccc1)C(=O)CNc1cccc(CO)c1. The first-order chi connectivity index (χ1) is 12.2. The molecule has 4 heteroatoms. The largest absolute Gasteiger partial charge is 0.392 e. The summed E-state index contributed by atoms with van der Waals surface area (Å²) in [5, 5.41) is 12.4. The number of rotatable bonds is 8. The molecule has 1 amide bonds. The summed E-state index contributed by atoms with van der Waals surface area (Å²) in [5.74, 6) is 0.739. The van der Waals surface area contributed by atoms with Crippen LogP contribution in [0, 0.1) is 5.92 Å². The fraction of sp³-hybridized carbons (Fsp3) is 0.381. The molecule has 0 heterocycles. The molecule has 132 valence electrons. The number of aliphatic hydroxyl groups is 1. The monoisotopic (exact) mass is 338 g/mol. The highest BCUT2D eigenvalue weighted by Crippen LogP contribution is 2.35. The third kappa shape index (κ3) is 4.83. The van der Waals surface area contributed by atoms with Crippen molar-refractivity contribution >= 4 is 11.6 Å². The first kappa shape index (κ1) is 17.5. The molecule has 1 fully saturated rings. The van der Waals surface area contributed by atoms with E-state index in [1.54, 1.807) is 0 Å². The number of hydrogen-bond donors (Lipinski definition) is 2. The Morgan fingerprint density at radius 2 is 1.88 bits per heavy atom. The highest BCUT2D eigenvalue weighted by molar-refractivity contribution is 5.81. The van der Waals surface area contributed by atoms with Crippen LogP contribution in [0.1, 0.15) is 30.9 Å². The van der Waals surface area contributed by atoms with Crippen molar-refractivity contribution in [1.82, 2.24) is 4.90 Å². The van der Waals surface area contributed by atoms with Gasteiger partial charge in [-0.3, -0.25) is 4.79 Å². The number of carbonyl (C=O) groups excluding carboxylic acids is 1. The van der Waals surface area contributed by atoms with Crippen molar-refractivity contribution in [3.8, 4) is 0 Å². The van der Waals surface area contributed by atoms with Gasteiger partial charge < -0.3 is 15.3 Å². The van der Waals surface area contributed by atoms with E-state index in [2.05, 4.69) is 24.4 Å². The van der Waals surface area contributed by atoms with Crippen molar-refractivity contribution < 1.29 is 9.90 Å². The average Bonchev–Trinajstić information content (AvgIpc) is 3.50. The van der Waals surface area contributed by atoms with Gasteiger partial charge in [-0.2, -0.15) is 0 Å². The van der Waals surface area contributed by atoms with Crippen LogP contribution in [-0.2, 0) is 17.9 Å². The van der Waals surface area contributed by atoms with Crippen LogP contribution in [-0.4, -0.2) is 28.5 Å². The molecule has 0 bridgehead atoms. The normalized spacial score (nSPS) is 14.8. The lowest BCUT2D eigenvalue weighted by molar-refractivity contribution is -0.132. The minimum Gasteiger partial charge on any atom is -0.392 e. The van der Waals surface area contributed by atoms with Crippen LogP contribution >= 0.6 is 0 Å². The van der Waals surface area contributed by atoms with E-state index in [0.29, 0.717) is 12.5 Å². The molecule has 0 radical (unpaired) electrons. The Bertz CT molecular complexity index is 698. The fourth-order valence-electron chi connectivity index (χ4n) is 3.13. The molecule has 4 nitrogen and oxygen atoms in total. The van der Waals surface area contributed by atoms with E-state index in [-0.39, 0.29) is 25.1 Å². The first-order valence-corrected chi connectivity index (χ1v) is 8.94. The van der Waals surface area contributed by atoms with E-state index in [4.69, 9.17) is 0 Å². The molecule has 2 aromatic carbocycles. The van der Waals surface area contributed by atoms with Crippen molar-refractivity contribution in [3.63, 3.8) is 0 Å². The number of nitrogens with one attached hydrogen (secondary N) is 1. The van der Waals surface area contributed by atoms with Gasteiger partial charge in [0, 0.05) is 18.3 Å². The Morgan fingerprint density at radius 3 is 2.56 bits per heavy atom. The summed E-state index contributed by atoms with van der Waals surface area (Å²) in [6.45, 7) is 3.07. The third-order valence-electron chi connectivity index (χ3n) is 4.87. The summed E-state index contributed by atoms with van der Waals surface area (Å²) in [5.41, 5.74) is 2.86. The predicted molar refractivity (Wildman–Crippen MR) is 100 cm³/mol. The first-order valence-electron chi connectivity index (χ1n) is 8.94. The van der Waals surface area contributed by atoms with Crippen LogP contribution in [0.5, 0.6) is 0 Å². The van der Waals surface area contributed by atoms with Gasteiger partial charge in [-0.05, 0) is 48.9 Å². The van der Waals surface area contributed by atoms with Gasteiger partial charge in [-0.15, -0.1) is 0 Å². The minimum absolute atomic E-state index is 0.00229. The highest BCUT2D eigenvalue weighted by atomic mass is 16.3. The van der Waals surface area contributed by atoms with Gasteiger partial charge in [0.15, 0.2) is 0 Å². The van der Waals surface area contributed by atoms with Gasteiger partial charge in [-0.25, -0.2) is 0 Å². The number of benzene rings is 2. The molecule has 1 atom stereocenters. The molecule has 0 spiro atoms. The molecule has 25 heavy (non-hydrogen) atoms. The molecular weight excluding hydrogens is 312 g/mol. The van der Waals surface area contributed by atoms with Gasteiger partial charge in [0.05, 0.1) is 13.2 Å². The lowest BCUT2D eigenvalue weighted by Gasteiger charge is -2.30. The molecule has 1 aliphatic rings. The molecular formula is C21H26N2O2. The summed E-state index contributed by atoms with van der Waals surface area (Å²) in [7, 11) is 0. The Morgan fingerprint density at radius 1 is 1.16 bits per heavy atom. The van der Waals surface area contributed by atoms with Crippen molar-refractivity contribution in [3.05, 3.63) is 65.7 Å². The smallest absolute Gasteiger partial charge is 0.242 e.